The van der Waals surface area contributed by atoms with Crippen LogP contribution in [-0.2, 0) is 11.2 Å². The van der Waals surface area contributed by atoms with Crippen LogP contribution in [0.15, 0.2) is 34.9 Å². The third-order valence-electron chi connectivity index (χ3n) is 6.46. The van der Waals surface area contributed by atoms with E-state index in [0.717, 1.165) is 74.9 Å². The van der Waals surface area contributed by atoms with Crippen molar-refractivity contribution in [1.29, 1.82) is 0 Å². The maximum Gasteiger partial charge on any atom is 0.222 e. The van der Waals surface area contributed by atoms with Gasteiger partial charge in [-0.05, 0) is 69.1 Å². The number of piperazine rings is 1. The van der Waals surface area contributed by atoms with Crippen LogP contribution in [0.25, 0.3) is 11.3 Å². The maximum absolute atomic E-state index is 12.9. The van der Waals surface area contributed by atoms with Crippen molar-refractivity contribution in [2.24, 2.45) is 11.8 Å². The number of methoxy groups -OCH3 is 1. The lowest BCUT2D eigenvalue weighted by Gasteiger charge is -2.36. The molecular weight excluding hydrogens is 380 g/mol. The molecule has 2 aliphatic heterocycles. The molecule has 30 heavy (non-hydrogen) atoms. The second-order valence-electron chi connectivity index (χ2n) is 8.52. The molecule has 3 heterocycles. The fraction of sp³-hybridized carbons (Fsp3) is 0.565. The molecule has 162 valence electrons. The average molecular weight is 413 g/mol. The average Bonchev–Trinajstić information content (AvgIpc) is 3.24. The maximum atomic E-state index is 12.9. The van der Waals surface area contributed by atoms with Crippen molar-refractivity contribution < 1.29 is 14.1 Å². The Labute approximate surface area is 178 Å². The molecule has 0 spiro atoms. The minimum absolute atomic E-state index is 0.305. The molecule has 0 saturated carbocycles. The van der Waals surface area contributed by atoms with Gasteiger partial charge in [0.2, 0.25) is 5.91 Å². The predicted molar refractivity (Wildman–Crippen MR) is 115 cm³/mol. The molecule has 2 fully saturated rings. The molecule has 1 amide bonds. The van der Waals surface area contributed by atoms with Crippen LogP contribution in [0.3, 0.4) is 0 Å². The van der Waals surface area contributed by atoms with E-state index in [9.17, 15) is 4.79 Å². The minimum atomic E-state index is 0.305. The number of hydrogen-bond donors (Lipinski definition) is 1. The van der Waals surface area contributed by atoms with Gasteiger partial charge in [0.15, 0.2) is 5.76 Å². The summed E-state index contributed by atoms with van der Waals surface area (Å²) in [6.07, 6.45) is 2.50. The first-order chi connectivity index (χ1) is 14.6. The topological polar surface area (TPSA) is 70.8 Å². The summed E-state index contributed by atoms with van der Waals surface area (Å²) in [7, 11) is 3.77. The molecule has 2 atom stereocenters. The molecule has 4 rings (SSSR count). The molecule has 0 radical (unpaired) electrons. The van der Waals surface area contributed by atoms with E-state index in [-0.39, 0.29) is 0 Å². The number of amides is 1. The monoisotopic (exact) mass is 412 g/mol. The number of piperidine rings is 1. The van der Waals surface area contributed by atoms with E-state index in [1.165, 1.54) is 0 Å². The van der Waals surface area contributed by atoms with Gasteiger partial charge in [-0.3, -0.25) is 4.79 Å². The van der Waals surface area contributed by atoms with E-state index >= 15 is 0 Å². The molecule has 2 saturated heterocycles. The van der Waals surface area contributed by atoms with E-state index in [1.807, 2.05) is 35.2 Å². The van der Waals surface area contributed by atoms with E-state index in [2.05, 4.69) is 22.4 Å². The largest absolute Gasteiger partial charge is 0.497 e. The van der Waals surface area contributed by atoms with Crippen molar-refractivity contribution in [1.82, 2.24) is 20.3 Å². The third-order valence-corrected chi connectivity index (χ3v) is 6.46. The molecule has 0 bridgehead atoms. The lowest BCUT2D eigenvalue weighted by atomic mass is 9.81. The Bertz CT molecular complexity index is 827. The number of likely N-dealkylation sites (N-methyl/N-ethyl adjacent to an activating group) is 1. The van der Waals surface area contributed by atoms with Crippen molar-refractivity contribution in [2.45, 2.75) is 19.3 Å². The van der Waals surface area contributed by atoms with Crippen LogP contribution in [0.2, 0.25) is 0 Å². The van der Waals surface area contributed by atoms with E-state index in [0.29, 0.717) is 24.2 Å². The van der Waals surface area contributed by atoms with Gasteiger partial charge in [0.25, 0.3) is 0 Å². The van der Waals surface area contributed by atoms with Crippen LogP contribution < -0.4 is 10.1 Å². The molecule has 2 aliphatic rings. The lowest BCUT2D eigenvalue weighted by Crippen LogP contribution is -2.48. The summed E-state index contributed by atoms with van der Waals surface area (Å²) in [5, 5.41) is 7.80. The number of aromatic nitrogens is 1. The summed E-state index contributed by atoms with van der Waals surface area (Å²) < 4.78 is 10.8. The highest BCUT2D eigenvalue weighted by atomic mass is 16.5. The Morgan fingerprint density at radius 3 is 2.70 bits per heavy atom. The number of rotatable bonds is 6. The minimum Gasteiger partial charge on any atom is -0.497 e. The van der Waals surface area contributed by atoms with Crippen LogP contribution >= 0.6 is 0 Å². The highest BCUT2D eigenvalue weighted by Gasteiger charge is 2.30. The molecule has 7 heteroatoms. The van der Waals surface area contributed by atoms with Crippen molar-refractivity contribution in [2.75, 3.05) is 53.4 Å². The van der Waals surface area contributed by atoms with Gasteiger partial charge < -0.3 is 24.4 Å². The number of hydrogen-bond acceptors (Lipinski definition) is 6. The molecule has 1 aromatic carbocycles. The van der Waals surface area contributed by atoms with Gasteiger partial charge in [-0.15, -0.1) is 0 Å². The van der Waals surface area contributed by atoms with E-state index in [1.54, 1.807) is 7.11 Å². The number of ether oxygens (including phenoxy) is 1. The Morgan fingerprint density at radius 2 is 1.97 bits per heavy atom. The van der Waals surface area contributed by atoms with Gasteiger partial charge in [0, 0.05) is 44.2 Å². The first-order valence-electron chi connectivity index (χ1n) is 10.9. The fourth-order valence-electron chi connectivity index (χ4n) is 4.46. The van der Waals surface area contributed by atoms with Crippen LogP contribution in [0, 0.1) is 11.8 Å². The van der Waals surface area contributed by atoms with E-state index < -0.39 is 0 Å². The van der Waals surface area contributed by atoms with Crippen LogP contribution in [0.5, 0.6) is 5.75 Å². The van der Waals surface area contributed by atoms with Crippen molar-refractivity contribution in [3.63, 3.8) is 0 Å². The first-order valence-corrected chi connectivity index (χ1v) is 10.9. The second-order valence-corrected chi connectivity index (χ2v) is 8.52. The zero-order valence-corrected chi connectivity index (χ0v) is 18.0. The number of carbonyl (C=O) groups excluding carboxylic acids is 1. The Balaban J connectivity index is 1.37. The summed E-state index contributed by atoms with van der Waals surface area (Å²) >= 11 is 0. The smallest absolute Gasteiger partial charge is 0.222 e. The molecular formula is C23H32N4O3. The zero-order valence-electron chi connectivity index (χ0n) is 18.0. The molecule has 0 unspecified atom stereocenters. The number of carbonyl (C=O) groups is 1. The van der Waals surface area contributed by atoms with Gasteiger partial charge in [0.05, 0.1) is 12.8 Å². The highest BCUT2D eigenvalue weighted by molar-refractivity contribution is 5.76. The van der Waals surface area contributed by atoms with Gasteiger partial charge in [-0.2, -0.15) is 0 Å². The molecule has 1 N–H and O–H groups in total. The highest BCUT2D eigenvalue weighted by Crippen LogP contribution is 2.29. The van der Waals surface area contributed by atoms with Crippen molar-refractivity contribution in [3.05, 3.63) is 36.0 Å². The molecule has 7 nitrogen and oxygen atoms in total. The first kappa shape index (κ1) is 20.9. The summed E-state index contributed by atoms with van der Waals surface area (Å²) in [5.74, 6) is 2.67. The van der Waals surface area contributed by atoms with Gasteiger partial charge in [-0.25, -0.2) is 0 Å². The van der Waals surface area contributed by atoms with Gasteiger partial charge >= 0.3 is 0 Å². The fourth-order valence-corrected chi connectivity index (χ4v) is 4.46. The molecule has 0 aliphatic carbocycles. The van der Waals surface area contributed by atoms with Gasteiger partial charge in [-0.1, -0.05) is 5.16 Å². The van der Waals surface area contributed by atoms with Crippen LogP contribution in [-0.4, -0.2) is 74.3 Å². The van der Waals surface area contributed by atoms with Crippen molar-refractivity contribution >= 4 is 5.91 Å². The number of benzene rings is 1. The standard InChI is InChI=1S/C23H32N4O3/c1-26-9-11-27(12-10-26)23(28)14-18-7-8-24-16-19(18)13-20-15-22(30-25-20)17-3-5-21(29-2)6-4-17/h3-6,15,18-19,24H,7-14,16H2,1-2H3/t18-,19-/m0/s1. The molecule has 1 aromatic heterocycles. The third kappa shape index (κ3) is 5.02. The van der Waals surface area contributed by atoms with Crippen LogP contribution in [0.4, 0.5) is 0 Å². The van der Waals surface area contributed by atoms with E-state index in [4.69, 9.17) is 9.26 Å². The normalized spacial score (nSPS) is 22.8. The zero-order chi connectivity index (χ0) is 20.9. The number of nitrogens with one attached hydrogen (secondary N) is 1. The molecule has 2 aromatic rings. The van der Waals surface area contributed by atoms with Gasteiger partial charge in [0.1, 0.15) is 5.75 Å². The Kier molecular flexibility index (Phi) is 6.69. The summed E-state index contributed by atoms with van der Waals surface area (Å²) in [4.78, 5) is 17.2. The number of nitrogens with zero attached hydrogens (tertiary/aromatic N) is 3. The lowest BCUT2D eigenvalue weighted by molar-refractivity contribution is -0.134. The van der Waals surface area contributed by atoms with Crippen LogP contribution in [0.1, 0.15) is 18.5 Å². The Hall–Kier alpha value is -2.38. The second kappa shape index (κ2) is 9.62. The Morgan fingerprint density at radius 1 is 1.20 bits per heavy atom. The van der Waals surface area contributed by atoms with Crippen molar-refractivity contribution in [3.8, 4) is 17.1 Å². The predicted octanol–water partition coefficient (Wildman–Crippen LogP) is 2.28. The summed E-state index contributed by atoms with van der Waals surface area (Å²) in [6.45, 7) is 5.53. The SMILES string of the molecule is COc1ccc(-c2cc(C[C@H]3CNCC[C@H]3CC(=O)N3CCN(C)CC3)no2)cc1. The summed E-state index contributed by atoms with van der Waals surface area (Å²) in [6, 6.07) is 9.81. The quantitative estimate of drug-likeness (QED) is 0.785. The summed E-state index contributed by atoms with van der Waals surface area (Å²) in [5.41, 5.74) is 1.93.